The molecule has 32 heavy (non-hydrogen) atoms. The van der Waals surface area contributed by atoms with Crippen molar-refractivity contribution in [3.8, 4) is 11.5 Å². The summed E-state index contributed by atoms with van der Waals surface area (Å²) in [5.74, 6) is 1.08. The molecule has 1 unspecified atom stereocenters. The van der Waals surface area contributed by atoms with E-state index >= 15 is 0 Å². The second kappa shape index (κ2) is 7.21. The van der Waals surface area contributed by atoms with Crippen molar-refractivity contribution in [3.63, 3.8) is 0 Å². The van der Waals surface area contributed by atoms with Crippen LogP contribution in [0.5, 0.6) is 11.5 Å². The number of hydrogen-bond donors (Lipinski definition) is 0. The smallest absolute Gasteiger partial charge is 0.404 e. The summed E-state index contributed by atoms with van der Waals surface area (Å²) in [6.45, 7) is 11.2. The number of amides is 1. The average molecular weight is 471 g/mol. The normalized spacial score (nSPS) is 29.1. The number of rotatable bonds is 6. The van der Waals surface area contributed by atoms with Crippen LogP contribution in [0.4, 0.5) is 0 Å². The van der Waals surface area contributed by atoms with Crippen LogP contribution in [0.15, 0.2) is 60.7 Å². The SMILES string of the molecule is CC(C)(C)[Si](C)(C)N1C(=O)[C@@H]2C[C@H]1[C@@H]1[C@H]2N1P(=O)(Oc1ccccc1)Oc1ccccc1. The fourth-order valence-electron chi connectivity index (χ4n) is 5.19. The van der Waals surface area contributed by atoms with Crippen LogP contribution in [0.25, 0.3) is 0 Å². The molecular weight excluding hydrogens is 439 g/mol. The molecule has 2 aromatic rings. The molecule has 6 nitrogen and oxygen atoms in total. The van der Waals surface area contributed by atoms with E-state index in [9.17, 15) is 9.36 Å². The van der Waals surface area contributed by atoms with Gasteiger partial charge in [-0.1, -0.05) is 70.3 Å². The van der Waals surface area contributed by atoms with Crippen molar-refractivity contribution in [2.24, 2.45) is 5.92 Å². The monoisotopic (exact) mass is 470 g/mol. The average Bonchev–Trinajstić information content (AvgIpc) is 3.27. The number of para-hydroxylation sites is 2. The Kier molecular flexibility index (Phi) is 4.90. The Morgan fingerprint density at radius 2 is 1.41 bits per heavy atom. The third kappa shape index (κ3) is 3.25. The minimum absolute atomic E-state index is 0.0186. The van der Waals surface area contributed by atoms with Crippen molar-refractivity contribution in [1.82, 2.24) is 9.24 Å². The van der Waals surface area contributed by atoms with Gasteiger partial charge in [-0.25, -0.2) is 4.57 Å². The summed E-state index contributed by atoms with van der Waals surface area (Å²) < 4.78 is 30.4. The van der Waals surface area contributed by atoms with Gasteiger partial charge in [0.1, 0.15) is 11.5 Å². The van der Waals surface area contributed by atoms with Crippen LogP contribution >= 0.6 is 7.75 Å². The largest absolute Gasteiger partial charge is 0.516 e. The highest BCUT2D eigenvalue weighted by Gasteiger charge is 2.77. The molecule has 2 heterocycles. The zero-order chi connectivity index (χ0) is 22.9. The van der Waals surface area contributed by atoms with Crippen molar-refractivity contribution in [3.05, 3.63) is 60.7 Å². The maximum atomic E-state index is 14.3. The molecule has 2 aromatic carbocycles. The Bertz CT molecular complexity index is 1030. The van der Waals surface area contributed by atoms with Crippen LogP contribution < -0.4 is 9.05 Å². The molecule has 2 saturated heterocycles. The lowest BCUT2D eigenvalue weighted by molar-refractivity contribution is -0.129. The standard InChI is InChI=1S/C24H31N2O4PSi/c1-24(2,3)32(4,5)26-20-16-19(23(26)27)21-22(20)25(21)31(28,29-17-12-8-6-9-13-17)30-18-14-10-7-11-15-18/h6-15,19-22H,16H2,1-5H3/t19-,20+,21+,22-,25?/m1/s1. The molecule has 1 amide bonds. The van der Waals surface area contributed by atoms with Gasteiger partial charge in [-0.2, -0.15) is 4.67 Å². The molecule has 5 atom stereocenters. The minimum atomic E-state index is -3.71. The second-order valence-electron chi connectivity index (χ2n) is 10.6. The molecule has 3 aliphatic rings. The van der Waals surface area contributed by atoms with E-state index in [0.717, 1.165) is 6.42 Å². The highest BCUT2D eigenvalue weighted by molar-refractivity contribution is 7.52. The van der Waals surface area contributed by atoms with Gasteiger partial charge in [0.05, 0.1) is 18.0 Å². The van der Waals surface area contributed by atoms with E-state index in [1.54, 1.807) is 24.3 Å². The van der Waals surface area contributed by atoms with Crippen LogP contribution in [0.3, 0.4) is 0 Å². The lowest BCUT2D eigenvalue weighted by atomic mass is 10.1. The second-order valence-corrected chi connectivity index (χ2v) is 17.4. The Hall–Kier alpha value is -2.08. The van der Waals surface area contributed by atoms with E-state index in [-0.39, 0.29) is 35.0 Å². The van der Waals surface area contributed by atoms with Crippen LogP contribution in [-0.4, -0.2) is 41.5 Å². The fraction of sp³-hybridized carbons (Fsp3) is 0.458. The molecule has 3 fully saturated rings. The molecule has 0 spiro atoms. The Balaban J connectivity index is 1.47. The highest BCUT2D eigenvalue weighted by atomic mass is 31.2. The molecule has 0 radical (unpaired) electrons. The van der Waals surface area contributed by atoms with Crippen LogP contribution in [-0.2, 0) is 9.36 Å². The van der Waals surface area contributed by atoms with E-state index < -0.39 is 16.0 Å². The summed E-state index contributed by atoms with van der Waals surface area (Å²) in [6, 6.07) is 18.3. The topological polar surface area (TPSA) is 58.9 Å². The molecule has 5 rings (SSSR count). The van der Waals surface area contributed by atoms with Crippen LogP contribution in [0.1, 0.15) is 27.2 Å². The Labute approximate surface area is 191 Å². The summed E-state index contributed by atoms with van der Waals surface area (Å²) in [6.07, 6.45) is 0.841. The number of nitrogens with zero attached hydrogens (tertiary/aromatic N) is 2. The maximum Gasteiger partial charge on any atom is 0.516 e. The van der Waals surface area contributed by atoms with E-state index in [1.165, 1.54) is 0 Å². The summed E-state index contributed by atoms with van der Waals surface area (Å²) in [5, 5.41) is 0.0487. The van der Waals surface area contributed by atoms with Gasteiger partial charge in [0, 0.05) is 6.04 Å². The summed E-state index contributed by atoms with van der Waals surface area (Å²) in [7, 11) is -5.77. The van der Waals surface area contributed by atoms with Gasteiger partial charge in [-0.3, -0.25) is 4.79 Å². The van der Waals surface area contributed by atoms with Gasteiger partial charge < -0.3 is 13.6 Å². The predicted octanol–water partition coefficient (Wildman–Crippen LogP) is 5.54. The molecule has 170 valence electrons. The highest BCUT2D eigenvalue weighted by Crippen LogP contribution is 2.69. The third-order valence-electron chi connectivity index (χ3n) is 7.71. The fourth-order valence-corrected chi connectivity index (χ4v) is 9.90. The quantitative estimate of drug-likeness (QED) is 0.315. The summed E-state index contributed by atoms with van der Waals surface area (Å²) in [4.78, 5) is 13.4. The van der Waals surface area contributed by atoms with Gasteiger partial charge in [0.2, 0.25) is 5.91 Å². The lowest BCUT2D eigenvalue weighted by Gasteiger charge is -2.47. The van der Waals surface area contributed by atoms with Crippen molar-refractivity contribution < 1.29 is 18.4 Å². The van der Waals surface area contributed by atoms with E-state index in [1.807, 2.05) is 41.1 Å². The number of carbonyl (C=O) groups excluding carboxylic acids is 1. The van der Waals surface area contributed by atoms with Gasteiger partial charge in [0.25, 0.3) is 0 Å². The molecule has 0 aromatic heterocycles. The third-order valence-corrected chi connectivity index (χ3v) is 15.1. The lowest BCUT2D eigenvalue weighted by Crippen LogP contribution is -2.61. The molecule has 2 aliphatic heterocycles. The number of piperidine rings is 2. The van der Waals surface area contributed by atoms with Crippen molar-refractivity contribution >= 4 is 21.9 Å². The molecule has 8 heteroatoms. The minimum Gasteiger partial charge on any atom is -0.404 e. The first-order chi connectivity index (χ1) is 15.0. The van der Waals surface area contributed by atoms with Crippen LogP contribution in [0.2, 0.25) is 18.1 Å². The predicted molar refractivity (Wildman–Crippen MR) is 127 cm³/mol. The zero-order valence-electron chi connectivity index (χ0n) is 19.3. The van der Waals surface area contributed by atoms with E-state index in [4.69, 9.17) is 9.05 Å². The zero-order valence-corrected chi connectivity index (χ0v) is 21.2. The first kappa shape index (κ1) is 21.7. The summed E-state index contributed by atoms with van der Waals surface area (Å²) >= 11 is 0. The van der Waals surface area contributed by atoms with Crippen molar-refractivity contribution in [2.45, 2.75) is 63.4 Å². The van der Waals surface area contributed by atoms with E-state index in [2.05, 4.69) is 38.4 Å². The molecule has 2 bridgehead atoms. The van der Waals surface area contributed by atoms with Crippen molar-refractivity contribution in [2.75, 3.05) is 0 Å². The van der Waals surface area contributed by atoms with Gasteiger partial charge in [-0.05, 0) is 35.7 Å². The van der Waals surface area contributed by atoms with Gasteiger partial charge in [0.15, 0.2) is 8.24 Å². The first-order valence-electron chi connectivity index (χ1n) is 11.3. The number of carbonyl (C=O) groups is 1. The van der Waals surface area contributed by atoms with E-state index in [0.29, 0.717) is 11.5 Å². The van der Waals surface area contributed by atoms with Crippen LogP contribution in [0, 0.1) is 5.92 Å². The Morgan fingerprint density at radius 3 is 1.88 bits per heavy atom. The summed E-state index contributed by atoms with van der Waals surface area (Å²) in [5.41, 5.74) is 0. The molecule has 1 saturated carbocycles. The number of benzene rings is 2. The number of hydrogen-bond acceptors (Lipinski definition) is 4. The molecule has 0 N–H and O–H groups in total. The molecular formula is C24H31N2O4PSi. The van der Waals surface area contributed by atoms with Gasteiger partial charge in [-0.15, -0.1) is 0 Å². The first-order valence-corrected chi connectivity index (χ1v) is 15.7. The van der Waals surface area contributed by atoms with Crippen molar-refractivity contribution in [1.29, 1.82) is 0 Å². The molecule has 1 aliphatic carbocycles. The van der Waals surface area contributed by atoms with Gasteiger partial charge >= 0.3 is 7.75 Å². The Morgan fingerprint density at radius 1 is 0.906 bits per heavy atom. The maximum absolute atomic E-state index is 14.3. The number of fused-ring (bicyclic) bond motifs is 5.